The summed E-state index contributed by atoms with van der Waals surface area (Å²) in [5.41, 5.74) is 3.17. The van der Waals surface area contributed by atoms with Crippen LogP contribution in [0.3, 0.4) is 0 Å². The predicted octanol–water partition coefficient (Wildman–Crippen LogP) is 0.567. The van der Waals surface area contributed by atoms with Gasteiger partial charge in [0, 0.05) is 19.0 Å². The number of likely N-dealkylation sites (N-methyl/N-ethyl adjacent to an activating group) is 1. The highest BCUT2D eigenvalue weighted by Crippen LogP contribution is 2.15. The van der Waals surface area contributed by atoms with Gasteiger partial charge in [-0.1, -0.05) is 20.8 Å². The van der Waals surface area contributed by atoms with E-state index in [0.717, 1.165) is 13.1 Å². The van der Waals surface area contributed by atoms with Crippen LogP contribution in [0.5, 0.6) is 0 Å². The maximum Gasteiger partial charge on any atom is 0.272 e. The molecule has 112 valence electrons. The molecule has 0 aliphatic rings. The van der Waals surface area contributed by atoms with Crippen molar-refractivity contribution in [1.29, 1.82) is 0 Å². The van der Waals surface area contributed by atoms with Crippen LogP contribution in [0.15, 0.2) is 6.20 Å². The minimum atomic E-state index is -0.244. The maximum absolute atomic E-state index is 12.2. The van der Waals surface area contributed by atoms with E-state index >= 15 is 0 Å². The number of nitrogens with two attached hydrogens (primary N) is 1. The molecule has 0 aliphatic heterocycles. The molecule has 0 fully saturated rings. The number of hydrogen-bond acceptors (Lipinski definition) is 6. The number of amides is 1. The summed E-state index contributed by atoms with van der Waals surface area (Å²) in [6, 6.07) is 0. The van der Waals surface area contributed by atoms with Crippen molar-refractivity contribution < 1.29 is 4.79 Å². The van der Waals surface area contributed by atoms with Crippen molar-refractivity contribution in [2.24, 2.45) is 5.84 Å². The lowest BCUT2D eigenvalue weighted by molar-refractivity contribution is 0.0945. The highest BCUT2D eigenvalue weighted by Gasteiger charge is 2.15. The summed E-state index contributed by atoms with van der Waals surface area (Å²) < 4.78 is 0. The van der Waals surface area contributed by atoms with Crippen molar-refractivity contribution in [3.05, 3.63) is 17.7 Å². The molecule has 1 heterocycles. The number of anilines is 1. The molecule has 1 rings (SSSR count). The van der Waals surface area contributed by atoms with Crippen molar-refractivity contribution in [3.63, 3.8) is 0 Å². The van der Waals surface area contributed by atoms with Crippen molar-refractivity contribution in [2.45, 2.75) is 26.7 Å². The Labute approximate surface area is 119 Å². The number of hydrogen-bond donors (Lipinski definition) is 3. The topological polar surface area (TPSA) is 96.2 Å². The first-order valence-electron chi connectivity index (χ1n) is 6.79. The van der Waals surface area contributed by atoms with Gasteiger partial charge in [-0.05, 0) is 13.6 Å². The lowest BCUT2D eigenvalue weighted by Gasteiger charge is -2.15. The number of carbonyl (C=O) groups is 1. The van der Waals surface area contributed by atoms with E-state index in [-0.39, 0.29) is 17.5 Å². The van der Waals surface area contributed by atoms with Gasteiger partial charge in [0.25, 0.3) is 5.91 Å². The van der Waals surface area contributed by atoms with Crippen LogP contribution in [-0.2, 0) is 0 Å². The van der Waals surface area contributed by atoms with Crippen LogP contribution >= 0.6 is 0 Å². The van der Waals surface area contributed by atoms with Crippen LogP contribution in [0.2, 0.25) is 0 Å². The largest absolute Gasteiger partial charge is 0.349 e. The standard InChI is InChI=1S/C13H24N6O/c1-5-19(4)7-6-15-13(20)11-10(18-14)8-16-12(17-11)9(2)3/h8-9,18H,5-7,14H2,1-4H3,(H,15,20). The average Bonchev–Trinajstić information content (AvgIpc) is 2.45. The molecule has 0 unspecified atom stereocenters. The number of nitrogens with one attached hydrogen (secondary N) is 2. The normalized spacial score (nSPS) is 10.9. The highest BCUT2D eigenvalue weighted by atomic mass is 16.1. The number of hydrazine groups is 1. The quantitative estimate of drug-likeness (QED) is 0.499. The van der Waals surface area contributed by atoms with Gasteiger partial charge in [-0.2, -0.15) is 0 Å². The zero-order valence-corrected chi connectivity index (χ0v) is 12.6. The number of rotatable bonds is 7. The lowest BCUT2D eigenvalue weighted by atomic mass is 10.2. The third-order valence-electron chi connectivity index (χ3n) is 3.01. The van der Waals surface area contributed by atoms with E-state index in [1.165, 1.54) is 6.20 Å². The number of nitrogens with zero attached hydrogens (tertiary/aromatic N) is 3. The maximum atomic E-state index is 12.2. The molecule has 20 heavy (non-hydrogen) atoms. The first-order valence-corrected chi connectivity index (χ1v) is 6.79. The Morgan fingerprint density at radius 2 is 2.20 bits per heavy atom. The van der Waals surface area contributed by atoms with E-state index < -0.39 is 0 Å². The van der Waals surface area contributed by atoms with Crippen LogP contribution < -0.4 is 16.6 Å². The molecule has 1 aromatic heterocycles. The van der Waals surface area contributed by atoms with E-state index in [1.807, 2.05) is 20.9 Å². The SMILES string of the molecule is CCN(C)CCNC(=O)c1nc(C(C)C)ncc1NN. The summed E-state index contributed by atoms with van der Waals surface area (Å²) in [5, 5.41) is 2.84. The zero-order valence-electron chi connectivity index (χ0n) is 12.6. The molecule has 1 amide bonds. The Balaban J connectivity index is 2.77. The molecule has 4 N–H and O–H groups in total. The Hall–Kier alpha value is -1.73. The zero-order chi connectivity index (χ0) is 15.1. The Bertz CT molecular complexity index is 448. The van der Waals surface area contributed by atoms with Gasteiger partial charge in [0.2, 0.25) is 0 Å². The van der Waals surface area contributed by atoms with Crippen LogP contribution in [0.1, 0.15) is 43.0 Å². The van der Waals surface area contributed by atoms with Crippen LogP contribution in [0.25, 0.3) is 0 Å². The molecule has 0 saturated carbocycles. The predicted molar refractivity (Wildman–Crippen MR) is 79.4 cm³/mol. The summed E-state index contributed by atoms with van der Waals surface area (Å²) in [6.07, 6.45) is 1.54. The molecule has 0 saturated heterocycles. The van der Waals surface area contributed by atoms with Crippen LogP contribution in [0.4, 0.5) is 5.69 Å². The molecule has 0 aromatic carbocycles. The molecule has 7 heteroatoms. The van der Waals surface area contributed by atoms with Gasteiger partial charge in [-0.25, -0.2) is 9.97 Å². The number of aromatic nitrogens is 2. The lowest BCUT2D eigenvalue weighted by Crippen LogP contribution is -2.34. The molecule has 1 aromatic rings. The third kappa shape index (κ3) is 4.43. The monoisotopic (exact) mass is 280 g/mol. The van der Waals surface area contributed by atoms with E-state index in [2.05, 4.69) is 32.5 Å². The highest BCUT2D eigenvalue weighted by molar-refractivity contribution is 5.97. The minimum absolute atomic E-state index is 0.152. The van der Waals surface area contributed by atoms with Crippen molar-refractivity contribution >= 4 is 11.6 Å². The molecule has 0 aliphatic carbocycles. The Morgan fingerprint density at radius 3 is 2.75 bits per heavy atom. The van der Waals surface area contributed by atoms with Crippen molar-refractivity contribution in [2.75, 3.05) is 32.1 Å². The van der Waals surface area contributed by atoms with Gasteiger partial charge in [-0.15, -0.1) is 0 Å². The number of nitrogen functional groups attached to an aromatic ring is 1. The second-order valence-electron chi connectivity index (χ2n) is 4.94. The van der Waals surface area contributed by atoms with Crippen molar-refractivity contribution in [3.8, 4) is 0 Å². The van der Waals surface area contributed by atoms with Gasteiger partial charge in [0.1, 0.15) is 5.82 Å². The summed E-state index contributed by atoms with van der Waals surface area (Å²) >= 11 is 0. The Kier molecular flexibility index (Phi) is 6.33. The van der Waals surface area contributed by atoms with Gasteiger partial charge in [0.15, 0.2) is 5.69 Å². The first kappa shape index (κ1) is 16.3. The third-order valence-corrected chi connectivity index (χ3v) is 3.01. The molecular formula is C13H24N6O. The molecule has 0 atom stereocenters. The van der Waals surface area contributed by atoms with Crippen molar-refractivity contribution in [1.82, 2.24) is 20.2 Å². The fraction of sp³-hybridized carbons (Fsp3) is 0.615. The first-order chi connectivity index (χ1) is 9.49. The Morgan fingerprint density at radius 1 is 1.50 bits per heavy atom. The summed E-state index contributed by atoms with van der Waals surface area (Å²) in [6.45, 7) is 8.31. The second kappa shape index (κ2) is 7.76. The van der Waals surface area contributed by atoms with E-state index in [0.29, 0.717) is 18.1 Å². The fourth-order valence-corrected chi connectivity index (χ4v) is 1.55. The van der Waals surface area contributed by atoms with Gasteiger partial charge >= 0.3 is 0 Å². The summed E-state index contributed by atoms with van der Waals surface area (Å²) in [5.74, 6) is 5.93. The van der Waals surface area contributed by atoms with Crippen LogP contribution in [-0.4, -0.2) is 47.5 Å². The van der Waals surface area contributed by atoms with Crippen LogP contribution in [0, 0.1) is 0 Å². The van der Waals surface area contributed by atoms with Gasteiger partial charge in [0.05, 0.1) is 11.9 Å². The average molecular weight is 280 g/mol. The fourth-order valence-electron chi connectivity index (χ4n) is 1.55. The van der Waals surface area contributed by atoms with E-state index in [1.54, 1.807) is 0 Å². The van der Waals surface area contributed by atoms with Gasteiger partial charge < -0.3 is 15.6 Å². The van der Waals surface area contributed by atoms with Gasteiger partial charge in [-0.3, -0.25) is 10.6 Å². The summed E-state index contributed by atoms with van der Waals surface area (Å²) in [7, 11) is 2.00. The molecule has 0 bridgehead atoms. The molecule has 7 nitrogen and oxygen atoms in total. The van der Waals surface area contributed by atoms with E-state index in [9.17, 15) is 4.79 Å². The smallest absolute Gasteiger partial charge is 0.272 e. The molecule has 0 radical (unpaired) electrons. The number of carbonyl (C=O) groups excluding carboxylic acids is 1. The summed E-state index contributed by atoms with van der Waals surface area (Å²) in [4.78, 5) is 22.7. The second-order valence-corrected chi connectivity index (χ2v) is 4.94. The minimum Gasteiger partial charge on any atom is -0.349 e. The molecular weight excluding hydrogens is 256 g/mol. The molecule has 0 spiro atoms. The van der Waals surface area contributed by atoms with E-state index in [4.69, 9.17) is 5.84 Å².